The highest BCUT2D eigenvalue weighted by Gasteiger charge is 2.09. The van der Waals surface area contributed by atoms with Crippen molar-refractivity contribution in [3.8, 4) is 11.8 Å². The summed E-state index contributed by atoms with van der Waals surface area (Å²) >= 11 is 6.28. The molecule has 0 aliphatic rings. The normalized spacial score (nSPS) is 11.0. The number of nitriles is 1. The van der Waals surface area contributed by atoms with E-state index in [9.17, 15) is 14.4 Å². The van der Waals surface area contributed by atoms with Crippen LogP contribution in [0.3, 0.4) is 0 Å². The van der Waals surface area contributed by atoms with Crippen LogP contribution in [0.2, 0.25) is 5.02 Å². The number of carboxylic acid groups (broad SMARTS) is 1. The average Bonchev–Trinajstić information content (AvgIpc) is 2.72. The first-order chi connectivity index (χ1) is 14.0. The van der Waals surface area contributed by atoms with Crippen molar-refractivity contribution in [1.29, 1.82) is 5.26 Å². The van der Waals surface area contributed by atoms with Crippen molar-refractivity contribution in [3.05, 3.63) is 99.8 Å². The van der Waals surface area contributed by atoms with Crippen molar-refractivity contribution in [2.45, 2.75) is 6.61 Å². The summed E-state index contributed by atoms with van der Waals surface area (Å²) in [5.41, 5.74) is 1.88. The first kappa shape index (κ1) is 20.1. The Balaban J connectivity index is 1.78. The van der Waals surface area contributed by atoms with E-state index in [0.29, 0.717) is 21.9 Å². The molecular weight excluding hydrogens is 393 g/mol. The first-order valence-corrected chi connectivity index (χ1v) is 8.97. The Hall–Kier alpha value is -3.62. The number of carboxylic acids is 1. The maximum absolute atomic E-state index is 13.9. The van der Waals surface area contributed by atoms with Crippen LogP contribution >= 0.6 is 11.6 Å². The molecule has 0 heterocycles. The molecule has 6 heteroatoms. The van der Waals surface area contributed by atoms with Crippen molar-refractivity contribution < 1.29 is 19.0 Å². The van der Waals surface area contributed by atoms with Crippen LogP contribution < -0.4 is 4.74 Å². The van der Waals surface area contributed by atoms with Gasteiger partial charge in [0, 0.05) is 5.56 Å². The van der Waals surface area contributed by atoms with Crippen LogP contribution in [0.25, 0.3) is 11.6 Å². The Bertz CT molecular complexity index is 1130. The summed E-state index contributed by atoms with van der Waals surface area (Å²) < 4.78 is 19.6. The van der Waals surface area contributed by atoms with E-state index < -0.39 is 11.8 Å². The molecule has 0 atom stereocenters. The molecule has 29 heavy (non-hydrogen) atoms. The summed E-state index contributed by atoms with van der Waals surface area (Å²) in [6.45, 7) is 0.148. The minimum absolute atomic E-state index is 0.148. The molecular formula is C23H15ClFNO3. The second-order valence-corrected chi connectivity index (χ2v) is 6.54. The molecule has 3 aromatic rings. The second-order valence-electron chi connectivity index (χ2n) is 6.13. The smallest absolute Gasteiger partial charge is 0.335 e. The van der Waals surface area contributed by atoms with Crippen molar-refractivity contribution in [2.75, 3.05) is 0 Å². The van der Waals surface area contributed by atoms with Gasteiger partial charge in [0.2, 0.25) is 0 Å². The van der Waals surface area contributed by atoms with Gasteiger partial charge < -0.3 is 9.84 Å². The molecule has 0 amide bonds. The molecule has 0 aromatic heterocycles. The quantitative estimate of drug-likeness (QED) is 0.413. The summed E-state index contributed by atoms with van der Waals surface area (Å²) in [5, 5.41) is 18.7. The molecule has 0 saturated carbocycles. The summed E-state index contributed by atoms with van der Waals surface area (Å²) in [5.74, 6) is -1.08. The molecule has 0 fully saturated rings. The van der Waals surface area contributed by atoms with Gasteiger partial charge in [-0.25, -0.2) is 9.18 Å². The molecule has 4 nitrogen and oxygen atoms in total. The lowest BCUT2D eigenvalue weighted by molar-refractivity contribution is 0.0696. The van der Waals surface area contributed by atoms with Gasteiger partial charge in [-0.2, -0.15) is 5.26 Å². The minimum atomic E-state index is -1.01. The lowest BCUT2D eigenvalue weighted by Crippen LogP contribution is -2.00. The largest absolute Gasteiger partial charge is 0.487 e. The Morgan fingerprint density at radius 2 is 1.93 bits per heavy atom. The summed E-state index contributed by atoms with van der Waals surface area (Å²) in [7, 11) is 0. The molecule has 0 aliphatic carbocycles. The number of halogens is 2. The number of aromatic carboxylic acids is 1. The Morgan fingerprint density at radius 1 is 1.14 bits per heavy atom. The SMILES string of the molecule is N#C/C(=C\c1ccc(OCc2cccc(C(=O)O)c2)c(Cl)c1)c1ccccc1F. The van der Waals surface area contributed by atoms with Crippen LogP contribution in [0.15, 0.2) is 66.7 Å². The van der Waals surface area contributed by atoms with Gasteiger partial charge in [-0.15, -0.1) is 0 Å². The molecule has 0 bridgehead atoms. The highest BCUT2D eigenvalue weighted by Crippen LogP contribution is 2.29. The zero-order valence-electron chi connectivity index (χ0n) is 15.1. The molecule has 1 N–H and O–H groups in total. The average molecular weight is 408 g/mol. The molecule has 0 spiro atoms. The van der Waals surface area contributed by atoms with Gasteiger partial charge in [0.15, 0.2) is 0 Å². The fraction of sp³-hybridized carbons (Fsp3) is 0.0435. The van der Waals surface area contributed by atoms with Crippen molar-refractivity contribution in [1.82, 2.24) is 0 Å². The number of allylic oxidation sites excluding steroid dienone is 1. The van der Waals surface area contributed by atoms with E-state index in [0.717, 1.165) is 0 Å². The molecule has 0 saturated heterocycles. The van der Waals surface area contributed by atoms with Gasteiger partial charge in [0.25, 0.3) is 0 Å². The molecule has 144 valence electrons. The number of hydrogen-bond donors (Lipinski definition) is 1. The maximum Gasteiger partial charge on any atom is 0.335 e. The van der Waals surface area contributed by atoms with Gasteiger partial charge in [-0.3, -0.25) is 0 Å². The first-order valence-electron chi connectivity index (χ1n) is 8.59. The summed E-state index contributed by atoms with van der Waals surface area (Å²) in [4.78, 5) is 11.0. The number of rotatable bonds is 6. The Kier molecular flexibility index (Phi) is 6.28. The number of carbonyl (C=O) groups is 1. The highest BCUT2D eigenvalue weighted by atomic mass is 35.5. The van der Waals surface area contributed by atoms with Gasteiger partial charge in [-0.05, 0) is 47.5 Å². The maximum atomic E-state index is 13.9. The van der Waals surface area contributed by atoms with Gasteiger partial charge >= 0.3 is 5.97 Å². The standard InChI is InChI=1S/C23H15ClFNO3/c24-20-12-15(10-18(13-26)19-6-1-2-7-21(19)25)8-9-22(20)29-14-16-4-3-5-17(11-16)23(27)28/h1-12H,14H2,(H,27,28)/b18-10+. The zero-order chi connectivity index (χ0) is 20.8. The third-order valence-corrected chi connectivity index (χ3v) is 4.42. The van der Waals surface area contributed by atoms with Gasteiger partial charge in [0.05, 0.1) is 22.2 Å². The lowest BCUT2D eigenvalue weighted by Gasteiger charge is -2.09. The fourth-order valence-corrected chi connectivity index (χ4v) is 2.94. The minimum Gasteiger partial charge on any atom is -0.487 e. The Morgan fingerprint density at radius 3 is 2.62 bits per heavy atom. The van der Waals surface area contributed by atoms with Crippen LogP contribution in [-0.4, -0.2) is 11.1 Å². The lowest BCUT2D eigenvalue weighted by atomic mass is 10.0. The summed E-state index contributed by atoms with van der Waals surface area (Å²) in [6, 6.07) is 19.4. The monoisotopic (exact) mass is 407 g/mol. The number of nitrogens with zero attached hydrogens (tertiary/aromatic N) is 1. The van der Waals surface area contributed by atoms with Crippen molar-refractivity contribution >= 4 is 29.2 Å². The van der Waals surface area contributed by atoms with E-state index >= 15 is 0 Å². The van der Waals surface area contributed by atoms with Crippen LogP contribution in [0.1, 0.15) is 27.0 Å². The van der Waals surface area contributed by atoms with Crippen molar-refractivity contribution in [3.63, 3.8) is 0 Å². The third kappa shape index (κ3) is 5.01. The second kappa shape index (κ2) is 9.05. The number of ether oxygens (including phenoxy) is 1. The van der Waals surface area contributed by atoms with Crippen LogP contribution in [0.5, 0.6) is 5.75 Å². The Labute approximate surface area is 172 Å². The van der Waals surface area contributed by atoms with Gasteiger partial charge in [-0.1, -0.05) is 48.0 Å². The van der Waals surface area contributed by atoms with E-state index in [4.69, 9.17) is 21.4 Å². The molecule has 3 rings (SSSR count). The van der Waals surface area contributed by atoms with Crippen LogP contribution in [-0.2, 0) is 6.61 Å². The topological polar surface area (TPSA) is 70.3 Å². The molecule has 0 radical (unpaired) electrons. The van der Waals surface area contributed by atoms with E-state index in [1.807, 2.05) is 6.07 Å². The molecule has 0 unspecified atom stereocenters. The van der Waals surface area contributed by atoms with E-state index in [1.165, 1.54) is 24.3 Å². The highest BCUT2D eigenvalue weighted by molar-refractivity contribution is 6.32. The third-order valence-electron chi connectivity index (χ3n) is 4.12. The number of benzene rings is 3. The summed E-state index contributed by atoms with van der Waals surface area (Å²) in [6.07, 6.45) is 1.55. The predicted molar refractivity (Wildman–Crippen MR) is 109 cm³/mol. The predicted octanol–water partition coefficient (Wildman–Crippen LogP) is 5.82. The molecule has 3 aromatic carbocycles. The van der Waals surface area contributed by atoms with Crippen LogP contribution in [0, 0.1) is 17.1 Å². The number of hydrogen-bond acceptors (Lipinski definition) is 3. The molecule has 0 aliphatic heterocycles. The van der Waals surface area contributed by atoms with Crippen LogP contribution in [0.4, 0.5) is 4.39 Å². The fourth-order valence-electron chi connectivity index (χ4n) is 2.70. The van der Waals surface area contributed by atoms with Gasteiger partial charge in [0.1, 0.15) is 18.2 Å². The van der Waals surface area contributed by atoms with Crippen molar-refractivity contribution in [2.24, 2.45) is 0 Å². The van der Waals surface area contributed by atoms with E-state index in [-0.39, 0.29) is 23.3 Å². The van der Waals surface area contributed by atoms with E-state index in [1.54, 1.807) is 48.5 Å². The van der Waals surface area contributed by atoms with E-state index in [2.05, 4.69) is 0 Å². The zero-order valence-corrected chi connectivity index (χ0v) is 15.9.